The number of esters is 1. The zero-order valence-electron chi connectivity index (χ0n) is 19.3. The maximum absolute atomic E-state index is 12.6. The molecule has 0 saturated carbocycles. The number of nitrogens with one attached hydrogen (secondary N) is 1. The number of ether oxygens (including phenoxy) is 1. The lowest BCUT2D eigenvalue weighted by Gasteiger charge is -2.17. The molecule has 174 valence electrons. The second kappa shape index (κ2) is 11.2. The highest BCUT2D eigenvalue weighted by Crippen LogP contribution is 2.20. The van der Waals surface area contributed by atoms with Crippen molar-refractivity contribution < 1.29 is 19.1 Å². The maximum Gasteiger partial charge on any atom is 0.324 e. The topological polar surface area (TPSA) is 116 Å². The lowest BCUT2D eigenvalue weighted by atomic mass is 9.92. The Morgan fingerprint density at radius 2 is 1.88 bits per heavy atom. The number of carbonyl (C=O) groups is 3. The minimum Gasteiger partial charge on any atom is -0.443 e. The van der Waals surface area contributed by atoms with Crippen molar-refractivity contribution in [3.8, 4) is 0 Å². The third-order valence-corrected chi connectivity index (χ3v) is 5.63. The van der Waals surface area contributed by atoms with Crippen LogP contribution in [0.4, 0.5) is 5.69 Å². The van der Waals surface area contributed by atoms with Crippen molar-refractivity contribution in [2.45, 2.75) is 60.2 Å². The zero-order valence-corrected chi connectivity index (χ0v) is 20.1. The molecule has 0 aliphatic rings. The summed E-state index contributed by atoms with van der Waals surface area (Å²) in [7, 11) is 0. The molecule has 1 heterocycles. The summed E-state index contributed by atoms with van der Waals surface area (Å²) in [5, 5.41) is 4.58. The van der Waals surface area contributed by atoms with E-state index in [1.165, 1.54) is 11.3 Å². The van der Waals surface area contributed by atoms with Crippen molar-refractivity contribution in [2.24, 2.45) is 22.1 Å². The minimum absolute atomic E-state index is 0.0157. The average molecular weight is 461 g/mol. The van der Waals surface area contributed by atoms with E-state index < -0.39 is 17.9 Å². The van der Waals surface area contributed by atoms with Crippen molar-refractivity contribution in [1.29, 1.82) is 0 Å². The van der Waals surface area contributed by atoms with Gasteiger partial charge in [-0.15, -0.1) is 11.3 Å². The number of nitrogens with zero attached hydrogens (tertiary/aromatic N) is 2. The van der Waals surface area contributed by atoms with Gasteiger partial charge in [0.2, 0.25) is 5.91 Å². The molecular weight excluding hydrogens is 428 g/mol. The van der Waals surface area contributed by atoms with Crippen molar-refractivity contribution in [3.63, 3.8) is 0 Å². The van der Waals surface area contributed by atoms with Crippen LogP contribution in [-0.4, -0.2) is 28.4 Å². The highest BCUT2D eigenvalue weighted by molar-refractivity contribution is 7.07. The molecule has 32 heavy (non-hydrogen) atoms. The van der Waals surface area contributed by atoms with E-state index in [1.807, 2.05) is 34.6 Å². The minimum atomic E-state index is -0.691. The molecular formula is C23H32N4O4S. The van der Waals surface area contributed by atoms with Crippen LogP contribution in [0.15, 0.2) is 40.8 Å². The Bertz CT molecular complexity index is 1000. The highest BCUT2D eigenvalue weighted by atomic mass is 32.1. The number of rotatable bonds is 8. The van der Waals surface area contributed by atoms with Crippen molar-refractivity contribution in [3.05, 3.63) is 46.2 Å². The van der Waals surface area contributed by atoms with Crippen molar-refractivity contribution >= 4 is 34.8 Å². The monoisotopic (exact) mass is 460 g/mol. The molecule has 0 spiro atoms. The van der Waals surface area contributed by atoms with Crippen LogP contribution in [0.2, 0.25) is 0 Å². The number of aromatic nitrogens is 1. The van der Waals surface area contributed by atoms with Crippen LogP contribution >= 0.6 is 11.3 Å². The van der Waals surface area contributed by atoms with E-state index in [1.54, 1.807) is 40.4 Å². The van der Waals surface area contributed by atoms with Gasteiger partial charge in [0.1, 0.15) is 6.04 Å². The van der Waals surface area contributed by atoms with Crippen LogP contribution in [0.5, 0.6) is 0 Å². The van der Waals surface area contributed by atoms with E-state index in [2.05, 4.69) is 10.3 Å². The molecule has 0 aliphatic carbocycles. The van der Waals surface area contributed by atoms with E-state index in [4.69, 9.17) is 10.5 Å². The number of carbonyl (C=O) groups excluding carboxylic acids is 3. The number of nitrogens with two attached hydrogens (primary N) is 1. The Morgan fingerprint density at radius 1 is 1.22 bits per heavy atom. The van der Waals surface area contributed by atoms with Gasteiger partial charge in [0.15, 0.2) is 11.5 Å². The van der Waals surface area contributed by atoms with Gasteiger partial charge in [-0.05, 0) is 35.6 Å². The third-order valence-electron chi connectivity index (χ3n) is 4.84. The third kappa shape index (κ3) is 7.72. The van der Waals surface area contributed by atoms with Crippen molar-refractivity contribution in [1.82, 2.24) is 4.57 Å². The first-order valence-electron chi connectivity index (χ1n) is 10.6. The van der Waals surface area contributed by atoms with Crippen molar-refractivity contribution in [2.75, 3.05) is 5.32 Å². The molecule has 2 unspecified atom stereocenters. The summed E-state index contributed by atoms with van der Waals surface area (Å²) >= 11 is 1.26. The molecule has 8 nitrogen and oxygen atoms in total. The van der Waals surface area contributed by atoms with Crippen LogP contribution in [0.3, 0.4) is 0 Å². The summed E-state index contributed by atoms with van der Waals surface area (Å²) in [6.07, 6.45) is 2.86. The SMILES string of the molecule is CCC(C)C(N)C(=O)OCn1ccsc1=NC(=O)c1ccc(NC(=O)CC(C)(C)C)cc1. The quantitative estimate of drug-likeness (QED) is 0.585. The lowest BCUT2D eigenvalue weighted by Crippen LogP contribution is -2.38. The first-order chi connectivity index (χ1) is 15.0. The second-order valence-electron chi connectivity index (χ2n) is 8.94. The molecule has 0 fully saturated rings. The molecule has 1 aromatic heterocycles. The molecule has 1 aromatic carbocycles. The van der Waals surface area contributed by atoms with E-state index in [0.29, 0.717) is 22.5 Å². The molecule has 9 heteroatoms. The van der Waals surface area contributed by atoms with Crippen LogP contribution in [0.1, 0.15) is 57.8 Å². The van der Waals surface area contributed by atoms with E-state index in [0.717, 1.165) is 6.42 Å². The van der Waals surface area contributed by atoms with E-state index in [9.17, 15) is 14.4 Å². The molecule has 0 bridgehead atoms. The first kappa shape index (κ1) is 25.5. The Morgan fingerprint density at radius 3 is 2.47 bits per heavy atom. The number of amides is 2. The molecule has 0 aliphatic heterocycles. The number of benzene rings is 1. The predicted molar refractivity (Wildman–Crippen MR) is 125 cm³/mol. The summed E-state index contributed by atoms with van der Waals surface area (Å²) in [4.78, 5) is 41.3. The van der Waals surface area contributed by atoms with E-state index in [-0.39, 0.29) is 24.0 Å². The standard InChI is InChI=1S/C23H32N4O4S/c1-6-15(2)19(24)21(30)31-14-27-11-12-32-22(27)26-20(29)16-7-9-17(10-8-16)25-18(28)13-23(3,4)5/h7-12,15,19H,6,13-14,24H2,1-5H3,(H,25,28). The smallest absolute Gasteiger partial charge is 0.324 e. The van der Waals surface area contributed by atoms with Gasteiger partial charge < -0.3 is 15.8 Å². The summed E-state index contributed by atoms with van der Waals surface area (Å²) in [6, 6.07) is 5.88. The van der Waals surface area contributed by atoms with Gasteiger partial charge in [-0.1, -0.05) is 41.0 Å². The zero-order chi connectivity index (χ0) is 23.9. The molecule has 2 amide bonds. The summed E-state index contributed by atoms with van der Waals surface area (Å²) in [5.74, 6) is -0.985. The van der Waals surface area contributed by atoms with Crippen LogP contribution in [0.25, 0.3) is 0 Å². The lowest BCUT2D eigenvalue weighted by molar-refractivity contribution is -0.150. The normalized spacial score (nSPS) is 14.0. The Hall–Kier alpha value is -2.78. The molecule has 0 saturated heterocycles. The first-order valence-corrected chi connectivity index (χ1v) is 11.4. The van der Waals surface area contributed by atoms with Gasteiger partial charge in [0.05, 0.1) is 0 Å². The van der Waals surface area contributed by atoms with Gasteiger partial charge in [-0.2, -0.15) is 4.99 Å². The van der Waals surface area contributed by atoms with Gasteiger partial charge in [-0.3, -0.25) is 19.0 Å². The van der Waals surface area contributed by atoms with E-state index >= 15 is 0 Å². The summed E-state index contributed by atoms with van der Waals surface area (Å²) in [5.41, 5.74) is 6.79. The number of anilines is 1. The highest BCUT2D eigenvalue weighted by Gasteiger charge is 2.21. The van der Waals surface area contributed by atoms with Crippen LogP contribution in [0, 0.1) is 11.3 Å². The fourth-order valence-corrected chi connectivity index (χ4v) is 3.45. The molecule has 2 rings (SSSR count). The Labute approximate surface area is 192 Å². The fourth-order valence-electron chi connectivity index (χ4n) is 2.74. The largest absolute Gasteiger partial charge is 0.443 e. The van der Waals surface area contributed by atoms with Gasteiger partial charge in [0.25, 0.3) is 5.91 Å². The van der Waals surface area contributed by atoms with Crippen LogP contribution in [-0.2, 0) is 21.1 Å². The van der Waals surface area contributed by atoms with Gasteiger partial charge >= 0.3 is 5.97 Å². The average Bonchev–Trinajstić information content (AvgIpc) is 3.16. The molecule has 0 radical (unpaired) electrons. The van der Waals surface area contributed by atoms with Gasteiger partial charge in [0, 0.05) is 29.2 Å². The Kier molecular flexibility index (Phi) is 8.91. The molecule has 2 atom stereocenters. The molecule has 3 N–H and O–H groups in total. The summed E-state index contributed by atoms with van der Waals surface area (Å²) < 4.78 is 6.85. The summed E-state index contributed by atoms with van der Waals surface area (Å²) in [6.45, 7) is 9.76. The number of hydrogen-bond acceptors (Lipinski definition) is 6. The maximum atomic E-state index is 12.6. The Balaban J connectivity index is 2.03. The predicted octanol–water partition coefficient (Wildman–Crippen LogP) is 3.54. The number of hydrogen-bond donors (Lipinski definition) is 2. The molecule has 2 aromatic rings. The van der Waals surface area contributed by atoms with Gasteiger partial charge in [-0.25, -0.2) is 0 Å². The second-order valence-corrected chi connectivity index (χ2v) is 9.81. The fraction of sp³-hybridized carbons (Fsp3) is 0.478. The van der Waals surface area contributed by atoms with Crippen LogP contribution < -0.4 is 15.9 Å². The number of thiazole rings is 1.